The number of amides is 3. The summed E-state index contributed by atoms with van der Waals surface area (Å²) in [5.41, 5.74) is 6.88. The Morgan fingerprint density at radius 2 is 1.61 bits per heavy atom. The second-order valence-corrected chi connectivity index (χ2v) is 14.2. The van der Waals surface area contributed by atoms with Gasteiger partial charge < -0.3 is 30.5 Å². The summed E-state index contributed by atoms with van der Waals surface area (Å²) in [6, 6.07) is 12.3. The topological polar surface area (TPSA) is 166 Å². The number of carbonyl (C=O) groups is 4. The van der Waals surface area contributed by atoms with E-state index in [0.29, 0.717) is 45.8 Å². The van der Waals surface area contributed by atoms with Gasteiger partial charge in [0.15, 0.2) is 5.69 Å². The predicted molar refractivity (Wildman–Crippen MR) is 182 cm³/mol. The molecule has 0 spiro atoms. The molecular formula is C37H45N5O7. The van der Waals surface area contributed by atoms with Crippen LogP contribution in [-0.4, -0.2) is 76.8 Å². The SMILES string of the molecule is COc1cccc(OC)c1-c1cc(C(=O)NC2(C(=O)O)C3CC4CC(C3)CC2C4)nn1-c1ccc(C(=O)N(C)CCC(N)=O)cc1C(C)C. The monoisotopic (exact) mass is 671 g/mol. The van der Waals surface area contributed by atoms with E-state index in [1.54, 1.807) is 68.4 Å². The van der Waals surface area contributed by atoms with Crippen LogP contribution in [-0.2, 0) is 9.59 Å². The van der Waals surface area contributed by atoms with Crippen molar-refractivity contribution in [3.05, 3.63) is 59.3 Å². The summed E-state index contributed by atoms with van der Waals surface area (Å²) < 4.78 is 13.1. The summed E-state index contributed by atoms with van der Waals surface area (Å²) in [7, 11) is 4.71. The second kappa shape index (κ2) is 13.2. The first-order valence-corrected chi connectivity index (χ1v) is 16.9. The van der Waals surface area contributed by atoms with Gasteiger partial charge in [0.25, 0.3) is 11.8 Å². The molecule has 260 valence electrons. The van der Waals surface area contributed by atoms with Gasteiger partial charge in [-0.15, -0.1) is 0 Å². The van der Waals surface area contributed by atoms with Gasteiger partial charge in [-0.05, 0) is 104 Å². The van der Waals surface area contributed by atoms with Crippen LogP contribution < -0.4 is 20.5 Å². The van der Waals surface area contributed by atoms with Crippen LogP contribution in [0.2, 0.25) is 0 Å². The zero-order valence-corrected chi connectivity index (χ0v) is 28.7. The van der Waals surface area contributed by atoms with Gasteiger partial charge in [0, 0.05) is 25.6 Å². The normalized spacial score (nSPS) is 23.7. The summed E-state index contributed by atoms with van der Waals surface area (Å²) in [5.74, 6) is -0.610. The number of nitrogens with zero attached hydrogens (tertiary/aromatic N) is 3. The summed E-state index contributed by atoms with van der Waals surface area (Å²) in [6.45, 7) is 4.17. The minimum Gasteiger partial charge on any atom is -0.496 e. The van der Waals surface area contributed by atoms with E-state index in [9.17, 15) is 24.3 Å². The molecule has 2 aromatic carbocycles. The van der Waals surface area contributed by atoms with E-state index in [2.05, 4.69) is 5.32 Å². The molecule has 0 aliphatic heterocycles. The highest BCUT2D eigenvalue weighted by Crippen LogP contribution is 2.58. The van der Waals surface area contributed by atoms with E-state index in [1.807, 2.05) is 13.8 Å². The average Bonchev–Trinajstić information content (AvgIpc) is 3.52. The van der Waals surface area contributed by atoms with Crippen LogP contribution in [0.3, 0.4) is 0 Å². The Hall–Kier alpha value is -4.87. The number of primary amides is 1. The summed E-state index contributed by atoms with van der Waals surface area (Å²) in [4.78, 5) is 53.4. The van der Waals surface area contributed by atoms with E-state index in [-0.39, 0.29) is 42.3 Å². The molecule has 0 unspecified atom stereocenters. The fraction of sp³-hybridized carbons (Fsp3) is 0.486. The maximum atomic E-state index is 14.2. The molecule has 1 heterocycles. The lowest BCUT2D eigenvalue weighted by molar-refractivity contribution is -0.163. The lowest BCUT2D eigenvalue weighted by Gasteiger charge is -2.59. The third kappa shape index (κ3) is 6.02. The second-order valence-electron chi connectivity index (χ2n) is 14.2. The molecule has 12 heteroatoms. The molecule has 4 bridgehead atoms. The number of carbonyl (C=O) groups excluding carboxylic acids is 3. The minimum absolute atomic E-state index is 0.0470. The van der Waals surface area contributed by atoms with Crippen molar-refractivity contribution in [2.75, 3.05) is 27.8 Å². The van der Waals surface area contributed by atoms with Crippen molar-refractivity contribution in [3.8, 4) is 28.4 Å². The molecule has 0 saturated heterocycles. The number of methoxy groups -OCH3 is 2. The number of rotatable bonds is 12. The number of ether oxygens (including phenoxy) is 2. The first-order chi connectivity index (χ1) is 23.4. The molecule has 4 aliphatic carbocycles. The molecule has 4 saturated carbocycles. The molecule has 4 N–H and O–H groups in total. The van der Waals surface area contributed by atoms with Crippen molar-refractivity contribution in [3.63, 3.8) is 0 Å². The van der Waals surface area contributed by atoms with E-state index in [4.69, 9.17) is 20.3 Å². The lowest BCUT2D eigenvalue weighted by atomic mass is 9.48. The molecule has 0 radical (unpaired) electrons. The number of carboxylic acid groups (broad SMARTS) is 1. The molecule has 49 heavy (non-hydrogen) atoms. The van der Waals surface area contributed by atoms with E-state index >= 15 is 0 Å². The fourth-order valence-corrected chi connectivity index (χ4v) is 8.69. The van der Waals surface area contributed by atoms with E-state index in [0.717, 1.165) is 37.7 Å². The number of aliphatic carboxylic acids is 1. The lowest BCUT2D eigenvalue weighted by Crippen LogP contribution is -2.70. The van der Waals surface area contributed by atoms with Gasteiger partial charge in [-0.1, -0.05) is 19.9 Å². The number of carboxylic acids is 1. The van der Waals surface area contributed by atoms with Gasteiger partial charge in [-0.2, -0.15) is 5.10 Å². The smallest absolute Gasteiger partial charge is 0.330 e. The van der Waals surface area contributed by atoms with Crippen molar-refractivity contribution in [1.82, 2.24) is 20.0 Å². The number of nitrogens with two attached hydrogens (primary N) is 1. The molecule has 4 aliphatic rings. The van der Waals surface area contributed by atoms with Gasteiger partial charge in [0.2, 0.25) is 5.91 Å². The third-order valence-electron chi connectivity index (χ3n) is 10.9. The largest absolute Gasteiger partial charge is 0.496 e. The molecule has 1 aromatic heterocycles. The molecule has 0 atom stereocenters. The number of benzene rings is 2. The highest BCUT2D eigenvalue weighted by molar-refractivity contribution is 5.98. The average molecular weight is 672 g/mol. The Morgan fingerprint density at radius 3 is 2.14 bits per heavy atom. The van der Waals surface area contributed by atoms with E-state index in [1.165, 1.54) is 4.90 Å². The van der Waals surface area contributed by atoms with Gasteiger partial charge in [-0.25, -0.2) is 9.48 Å². The van der Waals surface area contributed by atoms with Crippen molar-refractivity contribution in [1.29, 1.82) is 0 Å². The van der Waals surface area contributed by atoms with Crippen LogP contribution >= 0.6 is 0 Å². The maximum Gasteiger partial charge on any atom is 0.330 e. The van der Waals surface area contributed by atoms with Crippen LogP contribution in [0.1, 0.15) is 84.7 Å². The zero-order chi connectivity index (χ0) is 35.2. The van der Waals surface area contributed by atoms with Crippen molar-refractivity contribution in [2.45, 2.75) is 63.8 Å². The van der Waals surface area contributed by atoms with Crippen LogP contribution in [0.5, 0.6) is 11.5 Å². The van der Waals surface area contributed by atoms with Crippen molar-refractivity contribution in [2.24, 2.45) is 29.4 Å². The maximum absolute atomic E-state index is 14.2. The molecular weight excluding hydrogens is 626 g/mol. The Morgan fingerprint density at radius 1 is 1.00 bits per heavy atom. The fourth-order valence-electron chi connectivity index (χ4n) is 8.69. The van der Waals surface area contributed by atoms with E-state index < -0.39 is 23.3 Å². The molecule has 12 nitrogen and oxygen atoms in total. The highest BCUT2D eigenvalue weighted by Gasteiger charge is 2.62. The number of nitrogens with one attached hydrogen (secondary N) is 1. The van der Waals surface area contributed by atoms with Crippen molar-refractivity contribution < 1.29 is 33.8 Å². The number of hydrogen-bond donors (Lipinski definition) is 3. The van der Waals surface area contributed by atoms with Crippen LogP contribution in [0.4, 0.5) is 0 Å². The summed E-state index contributed by atoms with van der Waals surface area (Å²) in [6.07, 6.45) is 4.41. The third-order valence-corrected chi connectivity index (χ3v) is 10.9. The Bertz CT molecular complexity index is 1750. The Labute approximate surface area is 285 Å². The standard InChI is InChI=1S/C37H45N5O7/c1-20(2)26-18-23(35(45)41(3)12-11-32(38)43)9-10-28(26)42-29(33-30(48-4)7-6-8-31(33)49-5)19-27(40-42)34(44)39-37(36(46)47)24-14-21-13-22(16-24)17-25(37)15-21/h6-10,18-22,24-25H,11-17H2,1-5H3,(H2,38,43)(H,39,44)(H,46,47). The minimum atomic E-state index is -1.35. The number of hydrogen-bond acceptors (Lipinski definition) is 7. The first kappa shape index (κ1) is 34.0. The quantitative estimate of drug-likeness (QED) is 0.251. The summed E-state index contributed by atoms with van der Waals surface area (Å²) in [5, 5.41) is 18.5. The Kier molecular flexibility index (Phi) is 9.17. The van der Waals surface area contributed by atoms with Crippen LogP contribution in [0.25, 0.3) is 16.9 Å². The zero-order valence-electron chi connectivity index (χ0n) is 28.7. The molecule has 4 fully saturated rings. The van der Waals surface area contributed by atoms with Gasteiger partial charge in [0.05, 0.1) is 31.2 Å². The number of aromatic nitrogens is 2. The van der Waals surface area contributed by atoms with Crippen LogP contribution in [0.15, 0.2) is 42.5 Å². The van der Waals surface area contributed by atoms with Gasteiger partial charge in [-0.3, -0.25) is 14.4 Å². The van der Waals surface area contributed by atoms with Gasteiger partial charge in [0.1, 0.15) is 17.0 Å². The van der Waals surface area contributed by atoms with Gasteiger partial charge >= 0.3 is 5.97 Å². The molecule has 7 rings (SSSR count). The Balaban J connectivity index is 1.45. The molecule has 3 aromatic rings. The highest BCUT2D eigenvalue weighted by atomic mass is 16.5. The molecule has 3 amide bonds. The van der Waals surface area contributed by atoms with Crippen molar-refractivity contribution >= 4 is 23.7 Å². The first-order valence-electron chi connectivity index (χ1n) is 16.9. The predicted octanol–water partition coefficient (Wildman–Crippen LogP) is 4.64. The summed E-state index contributed by atoms with van der Waals surface area (Å²) >= 11 is 0. The van der Waals surface area contributed by atoms with Crippen LogP contribution in [0, 0.1) is 23.7 Å².